The van der Waals surface area contributed by atoms with Crippen molar-refractivity contribution in [2.24, 2.45) is 0 Å². The molecule has 1 aromatic rings. The molecule has 0 bridgehead atoms. The van der Waals surface area contributed by atoms with E-state index in [-0.39, 0.29) is 0 Å². The van der Waals surface area contributed by atoms with Gasteiger partial charge in [-0.3, -0.25) is 0 Å². The van der Waals surface area contributed by atoms with Crippen LogP contribution in [0.5, 0.6) is 0 Å². The fraction of sp³-hybridized carbons (Fsp3) is 0.200. The molecule has 0 N–H and O–H groups in total. The summed E-state index contributed by atoms with van der Waals surface area (Å²) in [6.07, 6.45) is 1.75. The molecule has 9 heavy (non-hydrogen) atoms. The van der Waals surface area contributed by atoms with E-state index >= 15 is 0 Å². The lowest BCUT2D eigenvalue weighted by atomic mass is 10.8. The van der Waals surface area contributed by atoms with E-state index in [9.17, 15) is 0 Å². The van der Waals surface area contributed by atoms with Crippen LogP contribution >= 0.6 is 23.1 Å². The van der Waals surface area contributed by atoms with E-state index in [2.05, 4.69) is 4.98 Å². The summed E-state index contributed by atoms with van der Waals surface area (Å²) in [4.78, 5) is 4.00. The van der Waals surface area contributed by atoms with Gasteiger partial charge in [0, 0.05) is 11.6 Å². The summed E-state index contributed by atoms with van der Waals surface area (Å²) in [5.74, 6) is 0.716. The number of nitriles is 1. The highest BCUT2D eigenvalue weighted by atomic mass is 32.2. The summed E-state index contributed by atoms with van der Waals surface area (Å²) < 4.78 is 0. The van der Waals surface area contributed by atoms with Gasteiger partial charge in [0.2, 0.25) is 0 Å². The number of rotatable bonds is 2. The third-order valence-corrected chi connectivity index (χ3v) is 2.25. The Morgan fingerprint density at radius 3 is 3.33 bits per heavy atom. The van der Waals surface area contributed by atoms with Crippen molar-refractivity contribution in [3.63, 3.8) is 0 Å². The van der Waals surface area contributed by atoms with Crippen LogP contribution in [0, 0.1) is 10.7 Å². The lowest BCUT2D eigenvalue weighted by molar-refractivity contribution is 1.27. The Hall–Kier alpha value is -0.530. The Labute approximate surface area is 61.5 Å². The average Bonchev–Trinajstić information content (AvgIpc) is 2.34. The first-order chi connectivity index (χ1) is 4.43. The predicted octanol–water partition coefficient (Wildman–Crippen LogP) is 1.86. The Morgan fingerprint density at radius 2 is 2.78 bits per heavy atom. The van der Waals surface area contributed by atoms with E-state index < -0.39 is 0 Å². The highest BCUT2D eigenvalue weighted by Crippen LogP contribution is 2.11. The number of thioether (sulfide) groups is 1. The number of hydrogen-bond donors (Lipinski definition) is 0. The molecule has 0 spiro atoms. The maximum atomic E-state index is 8.15. The van der Waals surface area contributed by atoms with E-state index in [1.54, 1.807) is 17.5 Å². The van der Waals surface area contributed by atoms with Gasteiger partial charge in [-0.2, -0.15) is 5.26 Å². The molecule has 0 amide bonds. The van der Waals surface area contributed by atoms with Crippen LogP contribution in [-0.2, 0) is 5.75 Å². The molecule has 0 aromatic carbocycles. The molecule has 1 heterocycles. The van der Waals surface area contributed by atoms with Crippen LogP contribution in [0.1, 0.15) is 5.01 Å². The average molecular weight is 156 g/mol. The minimum atomic E-state index is 0.716. The molecule has 0 unspecified atom stereocenters. The Balaban J connectivity index is 2.41. The lowest BCUT2D eigenvalue weighted by Crippen LogP contribution is -1.72. The first-order valence-electron chi connectivity index (χ1n) is 2.32. The van der Waals surface area contributed by atoms with Crippen LogP contribution in [-0.4, -0.2) is 4.98 Å². The molecule has 0 fully saturated rings. The van der Waals surface area contributed by atoms with Gasteiger partial charge in [0.25, 0.3) is 0 Å². The van der Waals surface area contributed by atoms with Crippen molar-refractivity contribution >= 4 is 23.1 Å². The molecule has 0 atom stereocenters. The zero-order valence-corrected chi connectivity index (χ0v) is 6.21. The third kappa shape index (κ3) is 2.04. The smallest absolute Gasteiger partial charge is 0.133 e. The van der Waals surface area contributed by atoms with Gasteiger partial charge >= 0.3 is 0 Å². The van der Waals surface area contributed by atoms with Crippen molar-refractivity contribution in [3.05, 3.63) is 16.6 Å². The summed E-state index contributed by atoms with van der Waals surface area (Å²) in [6, 6.07) is 0. The van der Waals surface area contributed by atoms with E-state index in [4.69, 9.17) is 5.26 Å². The molecular weight excluding hydrogens is 152 g/mol. The maximum absolute atomic E-state index is 8.15. The summed E-state index contributed by atoms with van der Waals surface area (Å²) in [6.45, 7) is 0. The zero-order valence-electron chi connectivity index (χ0n) is 4.57. The molecule has 46 valence electrons. The molecule has 2 nitrogen and oxygen atoms in total. The van der Waals surface area contributed by atoms with Gasteiger partial charge in [-0.25, -0.2) is 4.98 Å². The maximum Gasteiger partial charge on any atom is 0.133 e. The second-order valence-corrected chi connectivity index (χ2v) is 3.04. The van der Waals surface area contributed by atoms with Gasteiger partial charge in [0.15, 0.2) is 0 Å². The Kier molecular flexibility index (Phi) is 2.55. The van der Waals surface area contributed by atoms with Crippen LogP contribution in [0.2, 0.25) is 0 Å². The summed E-state index contributed by atoms with van der Waals surface area (Å²) >= 11 is 2.80. The van der Waals surface area contributed by atoms with Crippen molar-refractivity contribution in [2.45, 2.75) is 5.75 Å². The SMILES string of the molecule is N#CSCc1nccs1. The minimum absolute atomic E-state index is 0.716. The van der Waals surface area contributed by atoms with Crippen molar-refractivity contribution in [2.75, 3.05) is 0 Å². The third-order valence-electron chi connectivity index (χ3n) is 0.744. The fourth-order valence-corrected chi connectivity index (χ4v) is 1.53. The second-order valence-electron chi connectivity index (χ2n) is 1.31. The highest BCUT2D eigenvalue weighted by molar-refractivity contribution is 8.03. The zero-order chi connectivity index (χ0) is 6.53. The summed E-state index contributed by atoms with van der Waals surface area (Å²) in [5.41, 5.74) is 0. The number of nitrogens with zero attached hydrogens (tertiary/aromatic N) is 2. The van der Waals surface area contributed by atoms with Gasteiger partial charge < -0.3 is 0 Å². The quantitative estimate of drug-likeness (QED) is 0.613. The van der Waals surface area contributed by atoms with Crippen LogP contribution in [0.3, 0.4) is 0 Å². The van der Waals surface area contributed by atoms with Crippen LogP contribution < -0.4 is 0 Å². The molecule has 0 aliphatic heterocycles. The van der Waals surface area contributed by atoms with Crippen LogP contribution in [0.15, 0.2) is 11.6 Å². The minimum Gasteiger partial charge on any atom is -0.249 e. The highest BCUT2D eigenvalue weighted by Gasteiger charge is 1.92. The largest absolute Gasteiger partial charge is 0.249 e. The summed E-state index contributed by atoms with van der Waals surface area (Å²) in [5, 5.41) is 13.1. The van der Waals surface area contributed by atoms with E-state index in [1.807, 2.05) is 10.8 Å². The van der Waals surface area contributed by atoms with Crippen molar-refractivity contribution < 1.29 is 0 Å². The van der Waals surface area contributed by atoms with Crippen molar-refractivity contribution in [3.8, 4) is 5.40 Å². The molecule has 0 aliphatic rings. The van der Waals surface area contributed by atoms with Gasteiger partial charge in [-0.15, -0.1) is 11.3 Å². The molecule has 0 radical (unpaired) electrons. The standard InChI is InChI=1S/C5H4N2S2/c6-4-8-3-5-7-1-2-9-5/h1-2H,3H2. The number of aromatic nitrogens is 1. The topological polar surface area (TPSA) is 36.7 Å². The Bertz CT molecular complexity index is 199. The van der Waals surface area contributed by atoms with Crippen LogP contribution in [0.25, 0.3) is 0 Å². The van der Waals surface area contributed by atoms with Crippen LogP contribution in [0.4, 0.5) is 0 Å². The van der Waals surface area contributed by atoms with Gasteiger partial charge in [-0.1, -0.05) is 0 Å². The molecule has 0 aliphatic carbocycles. The van der Waals surface area contributed by atoms with Gasteiger partial charge in [0.1, 0.15) is 10.4 Å². The van der Waals surface area contributed by atoms with E-state index in [0.717, 1.165) is 5.01 Å². The molecule has 0 saturated carbocycles. The number of hydrogen-bond acceptors (Lipinski definition) is 4. The first-order valence-corrected chi connectivity index (χ1v) is 4.19. The van der Waals surface area contributed by atoms with Gasteiger partial charge in [0.05, 0.1) is 5.75 Å². The summed E-state index contributed by atoms with van der Waals surface area (Å²) in [7, 11) is 0. The molecule has 1 rings (SSSR count). The second kappa shape index (κ2) is 3.49. The van der Waals surface area contributed by atoms with Gasteiger partial charge in [-0.05, 0) is 11.8 Å². The number of thiazole rings is 1. The van der Waals surface area contributed by atoms with Crippen molar-refractivity contribution in [1.29, 1.82) is 5.26 Å². The Morgan fingerprint density at radius 1 is 1.89 bits per heavy atom. The fourth-order valence-electron chi connectivity index (χ4n) is 0.418. The molecule has 0 saturated heterocycles. The molecule has 1 aromatic heterocycles. The monoisotopic (exact) mass is 156 g/mol. The number of thiocyanates is 1. The normalized spacial score (nSPS) is 8.78. The molecular formula is C5H4N2S2. The van der Waals surface area contributed by atoms with Crippen molar-refractivity contribution in [1.82, 2.24) is 4.98 Å². The predicted molar refractivity (Wildman–Crippen MR) is 39.0 cm³/mol. The van der Waals surface area contributed by atoms with E-state index in [0.29, 0.717) is 5.75 Å². The lowest BCUT2D eigenvalue weighted by Gasteiger charge is -1.82. The molecule has 4 heteroatoms. The van der Waals surface area contributed by atoms with E-state index in [1.165, 1.54) is 11.8 Å². The first kappa shape index (κ1) is 6.59.